The maximum absolute atomic E-state index is 11.8. The number of aromatic nitrogens is 3. The lowest BCUT2D eigenvalue weighted by molar-refractivity contribution is -0.145. The number of nitrogens with zero attached hydrogens (tertiary/aromatic N) is 4. The molecule has 0 aromatic carbocycles. The molecule has 0 atom stereocenters. The third kappa shape index (κ3) is 4.21. The number of hydrogen-bond acceptors (Lipinski definition) is 4. The van der Waals surface area contributed by atoms with E-state index in [4.69, 9.17) is 5.11 Å². The number of amides is 1. The van der Waals surface area contributed by atoms with Crippen molar-refractivity contribution in [3.05, 3.63) is 12.4 Å². The van der Waals surface area contributed by atoms with E-state index >= 15 is 0 Å². The molecule has 1 rings (SSSR count). The minimum Gasteiger partial charge on any atom is -0.480 e. The monoisotopic (exact) mass is 240 g/mol. The first-order chi connectivity index (χ1) is 8.00. The van der Waals surface area contributed by atoms with Crippen molar-refractivity contribution in [2.75, 3.05) is 6.54 Å². The highest BCUT2D eigenvalue weighted by Crippen LogP contribution is 2.02. The molecule has 94 valence electrons. The largest absolute Gasteiger partial charge is 0.480 e. The number of rotatable bonds is 6. The van der Waals surface area contributed by atoms with Crippen molar-refractivity contribution in [1.29, 1.82) is 0 Å². The highest BCUT2D eigenvalue weighted by molar-refractivity contribution is 5.81. The van der Waals surface area contributed by atoms with Gasteiger partial charge in [0.05, 0.1) is 12.7 Å². The molecule has 0 saturated heterocycles. The number of carbonyl (C=O) groups excluding carboxylic acids is 1. The smallest absolute Gasteiger partial charge is 0.323 e. The second-order valence-electron chi connectivity index (χ2n) is 3.93. The average molecular weight is 240 g/mol. The third-order valence-corrected chi connectivity index (χ3v) is 2.28. The topological polar surface area (TPSA) is 88.3 Å². The van der Waals surface area contributed by atoms with Gasteiger partial charge in [0.1, 0.15) is 6.54 Å². The molecule has 1 aromatic rings. The van der Waals surface area contributed by atoms with Gasteiger partial charge in [0.15, 0.2) is 0 Å². The van der Waals surface area contributed by atoms with Crippen LogP contribution < -0.4 is 0 Å². The fourth-order valence-electron chi connectivity index (χ4n) is 1.41. The molecule has 7 heteroatoms. The van der Waals surface area contributed by atoms with Gasteiger partial charge in [-0.3, -0.25) is 14.3 Å². The first-order valence-corrected chi connectivity index (χ1v) is 5.36. The molecule has 1 N–H and O–H groups in total. The fourth-order valence-corrected chi connectivity index (χ4v) is 1.41. The lowest BCUT2D eigenvalue weighted by atomic mass is 10.2. The molecule has 0 unspecified atom stereocenters. The minimum atomic E-state index is -1.01. The predicted octanol–water partition coefficient (Wildman–Crippen LogP) is -0.0102. The lowest BCUT2D eigenvalue weighted by Gasteiger charge is -2.24. The van der Waals surface area contributed by atoms with Crippen molar-refractivity contribution in [2.45, 2.75) is 32.9 Å². The molecule has 1 amide bonds. The predicted molar refractivity (Wildman–Crippen MR) is 59.1 cm³/mol. The van der Waals surface area contributed by atoms with E-state index in [1.54, 1.807) is 20.0 Å². The average Bonchev–Trinajstić information content (AvgIpc) is 2.74. The summed E-state index contributed by atoms with van der Waals surface area (Å²) in [7, 11) is 0. The number of carboxylic acid groups (broad SMARTS) is 1. The van der Waals surface area contributed by atoms with Crippen molar-refractivity contribution in [1.82, 2.24) is 19.9 Å². The Bertz CT molecular complexity index is 375. The van der Waals surface area contributed by atoms with Gasteiger partial charge in [-0.2, -0.15) is 0 Å². The van der Waals surface area contributed by atoms with Crippen molar-refractivity contribution >= 4 is 11.9 Å². The zero-order valence-corrected chi connectivity index (χ0v) is 9.91. The molecule has 0 spiro atoms. The number of aryl methyl sites for hydroxylation is 1. The number of hydrogen-bond donors (Lipinski definition) is 1. The van der Waals surface area contributed by atoms with Crippen molar-refractivity contribution in [3.63, 3.8) is 0 Å². The summed E-state index contributed by atoms with van der Waals surface area (Å²) >= 11 is 0. The molecule has 0 aliphatic rings. The van der Waals surface area contributed by atoms with Crippen LogP contribution in [0.4, 0.5) is 0 Å². The molecule has 0 aliphatic carbocycles. The standard InChI is InChI=1S/C10H16N4O3/c1-8(2)14(7-10(16)17)9(15)3-5-13-6-4-11-12-13/h4,6,8H,3,5,7H2,1-2H3,(H,16,17). The number of carbonyl (C=O) groups is 2. The SMILES string of the molecule is CC(C)N(CC(=O)O)C(=O)CCn1ccnn1. The van der Waals surface area contributed by atoms with E-state index in [1.807, 2.05) is 0 Å². The van der Waals surface area contributed by atoms with Crippen LogP contribution in [0, 0.1) is 0 Å². The Kier molecular flexibility index (Phi) is 4.62. The van der Waals surface area contributed by atoms with Crippen LogP contribution in [-0.2, 0) is 16.1 Å². The normalized spacial score (nSPS) is 10.5. The summed E-state index contributed by atoms with van der Waals surface area (Å²) in [5, 5.41) is 16.1. The van der Waals surface area contributed by atoms with Crippen LogP contribution in [0.5, 0.6) is 0 Å². The molecule has 1 heterocycles. The van der Waals surface area contributed by atoms with Crippen LogP contribution in [0.15, 0.2) is 12.4 Å². The van der Waals surface area contributed by atoms with Crippen molar-refractivity contribution < 1.29 is 14.7 Å². The fraction of sp³-hybridized carbons (Fsp3) is 0.600. The van der Waals surface area contributed by atoms with E-state index in [0.29, 0.717) is 6.54 Å². The van der Waals surface area contributed by atoms with E-state index in [0.717, 1.165) is 0 Å². The van der Waals surface area contributed by atoms with E-state index in [9.17, 15) is 9.59 Å². The van der Waals surface area contributed by atoms with Crippen molar-refractivity contribution in [2.24, 2.45) is 0 Å². The molecular formula is C10H16N4O3. The van der Waals surface area contributed by atoms with Gasteiger partial charge in [0.25, 0.3) is 0 Å². The molecule has 17 heavy (non-hydrogen) atoms. The maximum atomic E-state index is 11.8. The second-order valence-corrected chi connectivity index (χ2v) is 3.93. The Morgan fingerprint density at radius 3 is 2.65 bits per heavy atom. The Labute approximate surface area is 99.0 Å². The summed E-state index contributed by atoms with van der Waals surface area (Å²) < 4.78 is 1.54. The highest BCUT2D eigenvalue weighted by Gasteiger charge is 2.19. The Morgan fingerprint density at radius 1 is 1.47 bits per heavy atom. The molecule has 0 radical (unpaired) electrons. The van der Waals surface area contributed by atoms with Crippen LogP contribution in [-0.4, -0.2) is 49.5 Å². The van der Waals surface area contributed by atoms with Crippen molar-refractivity contribution in [3.8, 4) is 0 Å². The van der Waals surface area contributed by atoms with Gasteiger partial charge >= 0.3 is 5.97 Å². The van der Waals surface area contributed by atoms with Gasteiger partial charge in [-0.05, 0) is 13.8 Å². The highest BCUT2D eigenvalue weighted by atomic mass is 16.4. The van der Waals surface area contributed by atoms with Crippen LogP contribution in [0.3, 0.4) is 0 Å². The van der Waals surface area contributed by atoms with Crippen LogP contribution >= 0.6 is 0 Å². The molecular weight excluding hydrogens is 224 g/mol. The summed E-state index contributed by atoms with van der Waals surface area (Å²) in [5.74, 6) is -1.20. The summed E-state index contributed by atoms with van der Waals surface area (Å²) in [5.41, 5.74) is 0. The Hall–Kier alpha value is -1.92. The van der Waals surface area contributed by atoms with E-state index in [1.165, 1.54) is 15.8 Å². The zero-order chi connectivity index (χ0) is 12.8. The minimum absolute atomic E-state index is 0.130. The second kappa shape index (κ2) is 5.97. The molecule has 0 bridgehead atoms. The summed E-state index contributed by atoms with van der Waals surface area (Å²) in [6.45, 7) is 3.71. The summed E-state index contributed by atoms with van der Waals surface area (Å²) in [6, 6.07) is -0.130. The van der Waals surface area contributed by atoms with E-state index in [2.05, 4.69) is 10.3 Å². The van der Waals surface area contributed by atoms with Gasteiger partial charge in [-0.15, -0.1) is 5.10 Å². The molecule has 0 fully saturated rings. The Balaban J connectivity index is 2.50. The summed E-state index contributed by atoms with van der Waals surface area (Å²) in [4.78, 5) is 23.8. The number of aliphatic carboxylic acids is 1. The quantitative estimate of drug-likeness (QED) is 0.755. The molecule has 0 aliphatic heterocycles. The van der Waals surface area contributed by atoms with Gasteiger partial charge in [-0.25, -0.2) is 0 Å². The molecule has 0 saturated carbocycles. The van der Waals surface area contributed by atoms with Gasteiger partial charge in [-0.1, -0.05) is 5.21 Å². The maximum Gasteiger partial charge on any atom is 0.323 e. The molecule has 1 aromatic heterocycles. The van der Waals surface area contributed by atoms with Gasteiger partial charge in [0.2, 0.25) is 5.91 Å². The van der Waals surface area contributed by atoms with Crippen LogP contribution in [0.1, 0.15) is 20.3 Å². The first kappa shape index (κ1) is 13.1. The van der Waals surface area contributed by atoms with E-state index in [-0.39, 0.29) is 24.9 Å². The van der Waals surface area contributed by atoms with Gasteiger partial charge in [0, 0.05) is 18.7 Å². The third-order valence-electron chi connectivity index (χ3n) is 2.28. The zero-order valence-electron chi connectivity index (χ0n) is 9.91. The van der Waals surface area contributed by atoms with Crippen LogP contribution in [0.25, 0.3) is 0 Å². The summed E-state index contributed by atoms with van der Waals surface area (Å²) in [6.07, 6.45) is 3.40. The van der Waals surface area contributed by atoms with Gasteiger partial charge < -0.3 is 10.0 Å². The Morgan fingerprint density at radius 2 is 2.18 bits per heavy atom. The molecule has 7 nitrogen and oxygen atoms in total. The van der Waals surface area contributed by atoms with E-state index < -0.39 is 5.97 Å². The lowest BCUT2D eigenvalue weighted by Crippen LogP contribution is -2.41. The first-order valence-electron chi connectivity index (χ1n) is 5.36. The number of carboxylic acids is 1. The van der Waals surface area contributed by atoms with Crippen LogP contribution in [0.2, 0.25) is 0 Å².